The molecule has 17 heavy (non-hydrogen) atoms. The second-order valence-corrected chi connectivity index (χ2v) is 4.32. The first-order valence-corrected chi connectivity index (χ1v) is 6.07. The van der Waals surface area contributed by atoms with Gasteiger partial charge in [0, 0.05) is 18.7 Å². The highest BCUT2D eigenvalue weighted by Gasteiger charge is 2.05. The van der Waals surface area contributed by atoms with Gasteiger partial charge >= 0.3 is 0 Å². The molecule has 0 aliphatic carbocycles. The van der Waals surface area contributed by atoms with Gasteiger partial charge in [-0.1, -0.05) is 13.0 Å². The first-order valence-electron chi connectivity index (χ1n) is 5.25. The van der Waals surface area contributed by atoms with Crippen LogP contribution in [0.15, 0.2) is 40.5 Å². The van der Waals surface area contributed by atoms with Gasteiger partial charge in [0.15, 0.2) is 0 Å². The minimum atomic E-state index is 0.621. The number of anilines is 1. The number of nitrogens with two attached hydrogens (primary N) is 1. The Morgan fingerprint density at radius 3 is 2.82 bits per heavy atom. The number of nitrogens with one attached hydrogen (secondary N) is 1. The molecule has 0 atom stereocenters. The van der Waals surface area contributed by atoms with Gasteiger partial charge in [0.2, 0.25) is 0 Å². The number of rotatable bonds is 4. The molecule has 0 spiro atoms. The van der Waals surface area contributed by atoms with Crippen molar-refractivity contribution in [3.05, 3.63) is 36.3 Å². The van der Waals surface area contributed by atoms with Gasteiger partial charge in [0.1, 0.15) is 21.7 Å². The van der Waals surface area contributed by atoms with E-state index >= 15 is 0 Å². The maximum absolute atomic E-state index is 5.37. The molecule has 0 fully saturated rings. The van der Waals surface area contributed by atoms with Gasteiger partial charge in [0.25, 0.3) is 0 Å². The molecule has 0 saturated carbocycles. The van der Waals surface area contributed by atoms with Gasteiger partial charge in [-0.2, -0.15) is 0 Å². The summed E-state index contributed by atoms with van der Waals surface area (Å²) in [4.78, 5) is 12.9. The van der Waals surface area contributed by atoms with E-state index in [-0.39, 0.29) is 0 Å². The fraction of sp³-hybridized carbons (Fsp3) is 0.182. The van der Waals surface area contributed by atoms with Crippen molar-refractivity contribution in [3.63, 3.8) is 0 Å². The van der Waals surface area contributed by atoms with E-state index in [1.807, 2.05) is 25.1 Å². The molecule has 2 rings (SSSR count). The van der Waals surface area contributed by atoms with Crippen LogP contribution in [0.5, 0.6) is 0 Å². The Morgan fingerprint density at radius 1 is 1.29 bits per heavy atom. The molecule has 2 heterocycles. The first kappa shape index (κ1) is 11.8. The Morgan fingerprint density at radius 2 is 2.18 bits per heavy atom. The third-order valence-corrected chi connectivity index (χ3v) is 2.93. The number of pyridine rings is 1. The van der Waals surface area contributed by atoms with Crippen molar-refractivity contribution in [2.75, 3.05) is 5.43 Å². The number of nitrogen functional groups attached to an aromatic ring is 1. The molecular formula is C11H13N5S. The van der Waals surface area contributed by atoms with Crippen LogP contribution in [-0.2, 0) is 6.42 Å². The molecule has 0 bridgehead atoms. The highest BCUT2D eigenvalue weighted by Crippen LogP contribution is 2.25. The lowest BCUT2D eigenvalue weighted by molar-refractivity contribution is 0.887. The van der Waals surface area contributed by atoms with Crippen LogP contribution in [-0.4, -0.2) is 15.0 Å². The number of aryl methyl sites for hydroxylation is 1. The summed E-state index contributed by atoms with van der Waals surface area (Å²) < 4.78 is 0. The Balaban J connectivity index is 2.26. The zero-order chi connectivity index (χ0) is 12.1. The maximum atomic E-state index is 5.37. The molecule has 0 aromatic carbocycles. The lowest BCUT2D eigenvalue weighted by Crippen LogP contribution is -2.10. The Kier molecular flexibility index (Phi) is 3.89. The summed E-state index contributed by atoms with van der Waals surface area (Å²) in [6, 6.07) is 7.57. The number of aromatic nitrogens is 3. The lowest BCUT2D eigenvalue weighted by Gasteiger charge is -2.05. The van der Waals surface area contributed by atoms with Crippen LogP contribution in [0.4, 0.5) is 5.82 Å². The monoisotopic (exact) mass is 247 g/mol. The van der Waals surface area contributed by atoms with E-state index in [4.69, 9.17) is 5.84 Å². The summed E-state index contributed by atoms with van der Waals surface area (Å²) >= 11 is 1.49. The van der Waals surface area contributed by atoms with E-state index in [9.17, 15) is 0 Å². The van der Waals surface area contributed by atoms with E-state index in [1.54, 1.807) is 12.3 Å². The zero-order valence-corrected chi connectivity index (χ0v) is 10.2. The minimum absolute atomic E-state index is 0.621. The van der Waals surface area contributed by atoms with Gasteiger partial charge in [-0.25, -0.2) is 20.8 Å². The fourth-order valence-electron chi connectivity index (χ4n) is 1.27. The van der Waals surface area contributed by atoms with E-state index in [0.717, 1.165) is 22.3 Å². The quantitative estimate of drug-likeness (QED) is 0.488. The van der Waals surface area contributed by atoms with Crippen molar-refractivity contribution in [1.29, 1.82) is 0 Å². The Labute approximate surface area is 104 Å². The van der Waals surface area contributed by atoms with Crippen LogP contribution < -0.4 is 11.3 Å². The molecule has 2 aromatic heterocycles. The Hall–Kier alpha value is -1.66. The summed E-state index contributed by atoms with van der Waals surface area (Å²) in [7, 11) is 0. The summed E-state index contributed by atoms with van der Waals surface area (Å²) in [5.74, 6) is 6.75. The van der Waals surface area contributed by atoms with Crippen molar-refractivity contribution in [1.82, 2.24) is 15.0 Å². The highest BCUT2D eigenvalue weighted by atomic mass is 32.2. The second kappa shape index (κ2) is 5.60. The molecule has 3 N–H and O–H groups in total. The van der Waals surface area contributed by atoms with Gasteiger partial charge in [-0.15, -0.1) is 0 Å². The molecule has 5 nitrogen and oxygen atoms in total. The lowest BCUT2D eigenvalue weighted by atomic mass is 10.4. The molecule has 2 aromatic rings. The van der Waals surface area contributed by atoms with Gasteiger partial charge in [-0.3, -0.25) is 0 Å². The fourth-order valence-corrected chi connectivity index (χ4v) is 2.07. The van der Waals surface area contributed by atoms with E-state index in [1.165, 1.54) is 11.8 Å². The van der Waals surface area contributed by atoms with Gasteiger partial charge in [0.05, 0.1) is 0 Å². The number of nitrogens with zero attached hydrogens (tertiary/aromatic N) is 3. The second-order valence-electron chi connectivity index (χ2n) is 3.28. The van der Waals surface area contributed by atoms with Crippen molar-refractivity contribution in [2.45, 2.75) is 23.4 Å². The van der Waals surface area contributed by atoms with Crippen molar-refractivity contribution < 1.29 is 0 Å². The standard InChI is InChI=1S/C11H13N5S/c1-2-8-14-9(16-12)7-11(15-8)17-10-5-3-4-6-13-10/h3-7H,2,12H2,1H3,(H,14,15,16). The number of hydrogen-bond donors (Lipinski definition) is 2. The van der Waals surface area contributed by atoms with E-state index < -0.39 is 0 Å². The highest BCUT2D eigenvalue weighted by molar-refractivity contribution is 7.99. The molecule has 0 amide bonds. The van der Waals surface area contributed by atoms with Crippen LogP contribution in [0.25, 0.3) is 0 Å². The predicted octanol–water partition coefficient (Wildman–Crippen LogP) is 1.87. The summed E-state index contributed by atoms with van der Waals surface area (Å²) in [5.41, 5.74) is 2.54. The predicted molar refractivity (Wildman–Crippen MR) is 67.6 cm³/mol. The van der Waals surface area contributed by atoms with Crippen LogP contribution in [0.3, 0.4) is 0 Å². The minimum Gasteiger partial charge on any atom is -0.308 e. The van der Waals surface area contributed by atoms with Gasteiger partial charge < -0.3 is 5.43 Å². The summed E-state index contributed by atoms with van der Waals surface area (Å²) in [5, 5.41) is 1.74. The van der Waals surface area contributed by atoms with E-state index in [2.05, 4.69) is 20.4 Å². The van der Waals surface area contributed by atoms with Crippen molar-refractivity contribution >= 4 is 17.6 Å². The maximum Gasteiger partial charge on any atom is 0.144 e. The molecule has 88 valence electrons. The normalized spacial score (nSPS) is 10.2. The average Bonchev–Trinajstić information content (AvgIpc) is 2.39. The molecule has 0 saturated heterocycles. The van der Waals surface area contributed by atoms with Crippen molar-refractivity contribution in [3.8, 4) is 0 Å². The van der Waals surface area contributed by atoms with E-state index in [0.29, 0.717) is 5.82 Å². The largest absolute Gasteiger partial charge is 0.308 e. The van der Waals surface area contributed by atoms with Gasteiger partial charge in [-0.05, 0) is 23.9 Å². The molecule has 0 radical (unpaired) electrons. The molecular weight excluding hydrogens is 234 g/mol. The smallest absolute Gasteiger partial charge is 0.144 e. The first-order chi connectivity index (χ1) is 8.31. The van der Waals surface area contributed by atoms with Crippen molar-refractivity contribution in [2.24, 2.45) is 5.84 Å². The average molecular weight is 247 g/mol. The Bertz CT molecular complexity index is 466. The molecule has 0 unspecified atom stereocenters. The molecule has 0 aliphatic heterocycles. The van der Waals surface area contributed by atoms with Crippen LogP contribution >= 0.6 is 11.8 Å². The van der Waals surface area contributed by atoms with Crippen LogP contribution in [0.2, 0.25) is 0 Å². The third kappa shape index (κ3) is 3.15. The number of hydrogen-bond acceptors (Lipinski definition) is 6. The third-order valence-electron chi connectivity index (χ3n) is 2.06. The number of hydrazine groups is 1. The van der Waals surface area contributed by atoms with Crippen LogP contribution in [0, 0.1) is 0 Å². The van der Waals surface area contributed by atoms with Crippen LogP contribution in [0.1, 0.15) is 12.7 Å². The topological polar surface area (TPSA) is 76.7 Å². The SMILES string of the molecule is CCc1nc(NN)cc(Sc2ccccn2)n1. The zero-order valence-electron chi connectivity index (χ0n) is 9.42. The molecule has 0 aliphatic rings. The summed E-state index contributed by atoms with van der Waals surface area (Å²) in [6.45, 7) is 2.00. The summed E-state index contributed by atoms with van der Waals surface area (Å²) in [6.07, 6.45) is 2.53. The molecule has 6 heteroatoms.